The van der Waals surface area contributed by atoms with Crippen LogP contribution in [0.4, 0.5) is 0 Å². The van der Waals surface area contributed by atoms with Gasteiger partial charge in [-0.2, -0.15) is 0 Å². The van der Waals surface area contributed by atoms with Crippen molar-refractivity contribution in [3.63, 3.8) is 0 Å². The van der Waals surface area contributed by atoms with Crippen molar-refractivity contribution in [1.82, 2.24) is 0 Å². The van der Waals surface area contributed by atoms with E-state index in [1.807, 2.05) is 91.9 Å². The highest BCUT2D eigenvalue weighted by Crippen LogP contribution is 2.31. The minimum atomic E-state index is -1.16. The number of hydrogen-bond donors (Lipinski definition) is 1. The molecule has 4 aromatic carbocycles. The Kier molecular flexibility index (Phi) is 10.8. The second-order valence-corrected chi connectivity index (χ2v) is 10.6. The van der Waals surface area contributed by atoms with E-state index in [2.05, 4.69) is 0 Å². The third-order valence-electron chi connectivity index (χ3n) is 7.22. The fraction of sp³-hybridized carbons (Fsp3) is 0.286. The topological polar surface area (TPSA) is 75.6 Å². The molecule has 0 aromatic heterocycles. The number of thiocarbonyl (C=S) groups is 1. The van der Waals surface area contributed by atoms with Crippen molar-refractivity contribution in [1.29, 1.82) is 0 Å². The summed E-state index contributed by atoms with van der Waals surface area (Å²) in [5.41, 5.74) is 3.70. The molecule has 1 aliphatic heterocycles. The molecule has 4 aromatic rings. The summed E-state index contributed by atoms with van der Waals surface area (Å²) in [4.78, 5) is 0. The van der Waals surface area contributed by atoms with Gasteiger partial charge in [-0.15, -0.1) is 0 Å². The molecule has 1 fully saturated rings. The third kappa shape index (κ3) is 8.19. The average Bonchev–Trinajstić information content (AvgIpc) is 3.04. The molecule has 7 nitrogen and oxygen atoms in total. The van der Waals surface area contributed by atoms with Crippen molar-refractivity contribution in [3.05, 3.63) is 131 Å². The van der Waals surface area contributed by atoms with Gasteiger partial charge in [0.1, 0.15) is 29.8 Å². The number of hydrogen-bond acceptors (Lipinski definition) is 8. The molecule has 1 heterocycles. The van der Waals surface area contributed by atoms with Gasteiger partial charge in [0.25, 0.3) is 0 Å². The van der Waals surface area contributed by atoms with Gasteiger partial charge in [0, 0.05) is 5.56 Å². The summed E-state index contributed by atoms with van der Waals surface area (Å²) < 4.78 is 36.7. The second kappa shape index (κ2) is 15.1. The second-order valence-electron chi connectivity index (χ2n) is 10.3. The Morgan fingerprint density at radius 3 is 2.02 bits per heavy atom. The smallest absolute Gasteiger partial charge is 0.229 e. The van der Waals surface area contributed by atoms with Crippen LogP contribution in [-0.2, 0) is 32.2 Å². The quantitative estimate of drug-likeness (QED) is 0.198. The molecular weight excluding hydrogens is 564 g/mol. The van der Waals surface area contributed by atoms with Crippen LogP contribution in [0.15, 0.2) is 109 Å². The number of rotatable bonds is 12. The molecule has 1 N–H and O–H groups in total. The maximum Gasteiger partial charge on any atom is 0.229 e. The minimum absolute atomic E-state index is 0.126. The van der Waals surface area contributed by atoms with Gasteiger partial charge in [-0.25, -0.2) is 0 Å². The van der Waals surface area contributed by atoms with Gasteiger partial charge < -0.3 is 33.5 Å². The monoisotopic (exact) mass is 600 g/mol. The number of aliphatic hydroxyl groups is 1. The van der Waals surface area contributed by atoms with Crippen LogP contribution in [0.1, 0.15) is 22.3 Å². The van der Waals surface area contributed by atoms with E-state index in [-0.39, 0.29) is 18.3 Å². The zero-order chi connectivity index (χ0) is 30.0. The zero-order valence-corrected chi connectivity index (χ0v) is 25.0. The summed E-state index contributed by atoms with van der Waals surface area (Å²) in [6, 6.07) is 34.4. The molecule has 0 saturated carbocycles. The van der Waals surface area contributed by atoms with Crippen LogP contribution in [0.3, 0.4) is 0 Å². The highest BCUT2D eigenvalue weighted by Gasteiger charge is 2.49. The Labute approximate surface area is 257 Å². The Morgan fingerprint density at radius 1 is 0.767 bits per heavy atom. The normalized spacial score (nSPS) is 21.6. The summed E-state index contributed by atoms with van der Waals surface area (Å²) >= 11 is 5.71. The van der Waals surface area contributed by atoms with Gasteiger partial charge in [0.2, 0.25) is 6.29 Å². The van der Waals surface area contributed by atoms with Crippen LogP contribution in [0, 0.1) is 6.92 Å². The lowest BCUT2D eigenvalue weighted by Gasteiger charge is -2.44. The molecule has 8 heteroatoms. The standard InChI is InChI=1S/C35H36O7S/c1-24-11-9-10-16-29(24)35(43)42-32-30(23-38-21-25-12-5-3-6-13-25)41-34(40-28-19-17-27(37-2)18-20-28)33(31(32)36)39-22-26-14-7-4-8-15-26/h3-20,30-34,36H,21-23H2,1-2H3/t30-,31+,32+,33-,34-/m1/s1. The number of methoxy groups -OCH3 is 1. The molecule has 0 radical (unpaired) electrons. The van der Waals surface area contributed by atoms with Crippen LogP contribution >= 0.6 is 12.2 Å². The molecule has 5 atom stereocenters. The van der Waals surface area contributed by atoms with Gasteiger partial charge >= 0.3 is 0 Å². The first-order chi connectivity index (χ1) is 21.0. The van der Waals surface area contributed by atoms with Crippen molar-refractivity contribution < 1.29 is 33.5 Å². The van der Waals surface area contributed by atoms with E-state index in [1.54, 1.807) is 31.4 Å². The maximum absolute atomic E-state index is 11.8. The summed E-state index contributed by atoms with van der Waals surface area (Å²) in [6.07, 6.45) is -4.64. The van der Waals surface area contributed by atoms with Crippen molar-refractivity contribution in [2.24, 2.45) is 0 Å². The molecule has 5 rings (SSSR count). The number of ether oxygens (including phenoxy) is 6. The van der Waals surface area contributed by atoms with Gasteiger partial charge in [0.15, 0.2) is 11.2 Å². The summed E-state index contributed by atoms with van der Waals surface area (Å²) in [5.74, 6) is 1.23. The predicted octanol–water partition coefficient (Wildman–Crippen LogP) is 6.03. The highest BCUT2D eigenvalue weighted by molar-refractivity contribution is 7.80. The Bertz CT molecular complexity index is 1430. The molecule has 0 amide bonds. The molecule has 0 unspecified atom stereocenters. The van der Waals surface area contributed by atoms with Crippen LogP contribution in [0.2, 0.25) is 0 Å². The first-order valence-corrected chi connectivity index (χ1v) is 14.6. The van der Waals surface area contributed by atoms with Crippen LogP contribution in [0.5, 0.6) is 11.5 Å². The lowest BCUT2D eigenvalue weighted by molar-refractivity contribution is -0.289. The summed E-state index contributed by atoms with van der Waals surface area (Å²) in [7, 11) is 1.60. The SMILES string of the molecule is COc1ccc(O[C@@H]2O[C@H](COCc3ccccc3)[C@H](OC(=S)c3ccccc3C)[C@H](O)[C@H]2OCc2ccccc2)cc1. The fourth-order valence-corrected chi connectivity index (χ4v) is 5.20. The lowest BCUT2D eigenvalue weighted by Crippen LogP contribution is -2.62. The van der Waals surface area contributed by atoms with E-state index in [0.29, 0.717) is 18.1 Å². The van der Waals surface area contributed by atoms with Crippen molar-refractivity contribution >= 4 is 17.3 Å². The third-order valence-corrected chi connectivity index (χ3v) is 7.53. The Balaban J connectivity index is 1.40. The van der Waals surface area contributed by atoms with E-state index in [9.17, 15) is 5.11 Å². The maximum atomic E-state index is 11.8. The van der Waals surface area contributed by atoms with Crippen molar-refractivity contribution in [2.45, 2.75) is 50.8 Å². The van der Waals surface area contributed by atoms with Crippen molar-refractivity contribution in [3.8, 4) is 11.5 Å². The number of benzene rings is 4. The highest BCUT2D eigenvalue weighted by atomic mass is 32.1. The number of aryl methyl sites for hydroxylation is 1. The summed E-state index contributed by atoms with van der Waals surface area (Å²) in [6.45, 7) is 2.69. The number of aliphatic hydroxyl groups excluding tert-OH is 1. The van der Waals surface area contributed by atoms with Gasteiger partial charge in [-0.3, -0.25) is 0 Å². The predicted molar refractivity (Wildman–Crippen MR) is 167 cm³/mol. The van der Waals surface area contributed by atoms with E-state index in [4.69, 9.17) is 40.6 Å². The van der Waals surface area contributed by atoms with Crippen LogP contribution in [0.25, 0.3) is 0 Å². The molecular formula is C35H36O7S. The first-order valence-electron chi connectivity index (χ1n) is 14.2. The van der Waals surface area contributed by atoms with Gasteiger partial charge in [-0.1, -0.05) is 84.9 Å². The molecule has 0 bridgehead atoms. The van der Waals surface area contributed by atoms with E-state index in [1.165, 1.54) is 0 Å². The Morgan fingerprint density at radius 2 is 1.37 bits per heavy atom. The first kappa shape index (κ1) is 30.7. The van der Waals surface area contributed by atoms with Gasteiger partial charge in [-0.05, 0) is 60.1 Å². The molecule has 1 saturated heterocycles. The van der Waals surface area contributed by atoms with Gasteiger partial charge in [0.05, 0.1) is 26.9 Å². The van der Waals surface area contributed by atoms with Crippen LogP contribution < -0.4 is 9.47 Å². The van der Waals surface area contributed by atoms with Crippen LogP contribution in [-0.4, -0.2) is 54.6 Å². The largest absolute Gasteiger partial charge is 0.497 e. The Hall–Kier alpha value is -3.79. The fourth-order valence-electron chi connectivity index (χ4n) is 4.86. The molecule has 1 aliphatic rings. The molecule has 0 spiro atoms. The van der Waals surface area contributed by atoms with Crippen molar-refractivity contribution in [2.75, 3.05) is 13.7 Å². The average molecular weight is 601 g/mol. The van der Waals surface area contributed by atoms with E-state index < -0.39 is 30.7 Å². The molecule has 0 aliphatic carbocycles. The molecule has 43 heavy (non-hydrogen) atoms. The summed E-state index contributed by atoms with van der Waals surface area (Å²) in [5, 5.41) is 12.1. The lowest BCUT2D eigenvalue weighted by atomic mass is 9.98. The minimum Gasteiger partial charge on any atom is -0.497 e. The zero-order valence-electron chi connectivity index (χ0n) is 24.2. The van der Waals surface area contributed by atoms with E-state index in [0.717, 1.165) is 22.3 Å². The van der Waals surface area contributed by atoms with E-state index >= 15 is 0 Å². The molecule has 224 valence electrons.